The molecule has 2 heteroatoms. The van der Waals surface area contributed by atoms with Crippen LogP contribution in [0.15, 0.2) is 30.3 Å². The van der Waals surface area contributed by atoms with Crippen LogP contribution in [0.1, 0.15) is 64.1 Å². The molecule has 0 spiro atoms. The molecule has 1 saturated carbocycles. The van der Waals surface area contributed by atoms with E-state index >= 15 is 0 Å². The molecule has 1 fully saturated rings. The summed E-state index contributed by atoms with van der Waals surface area (Å²) in [6.07, 6.45) is 8.08. The monoisotopic (exact) mass is 297 g/mol. The summed E-state index contributed by atoms with van der Waals surface area (Å²) in [5.41, 5.74) is 4.58. The summed E-state index contributed by atoms with van der Waals surface area (Å²) >= 11 is 2.02. The molecule has 21 heavy (non-hydrogen) atoms. The molecule has 110 valence electrons. The lowest BCUT2D eigenvalue weighted by Crippen LogP contribution is -2.17. The number of thiophene rings is 1. The highest BCUT2D eigenvalue weighted by atomic mass is 32.1. The third kappa shape index (κ3) is 2.45. The van der Waals surface area contributed by atoms with Gasteiger partial charge in [0, 0.05) is 9.75 Å². The largest absolute Gasteiger partial charge is 0.309 e. The molecular formula is C19H23NS. The molecule has 1 heterocycles. The van der Waals surface area contributed by atoms with Crippen LogP contribution in [0.5, 0.6) is 0 Å². The minimum Gasteiger partial charge on any atom is -0.309 e. The van der Waals surface area contributed by atoms with Gasteiger partial charge in [0.25, 0.3) is 0 Å². The van der Waals surface area contributed by atoms with Crippen molar-refractivity contribution in [1.29, 1.82) is 0 Å². The third-order valence-electron chi connectivity index (χ3n) is 5.16. The Balaban J connectivity index is 1.65. The molecule has 2 aromatic rings. The first kappa shape index (κ1) is 13.5. The SMILES string of the molecule is CNC(c1cccc(C2CCC2)c1)c1cc2c(s1)CCC2. The number of benzene rings is 1. The van der Waals surface area contributed by atoms with E-state index in [9.17, 15) is 0 Å². The maximum Gasteiger partial charge on any atom is 0.0668 e. The first-order chi connectivity index (χ1) is 10.3. The number of rotatable bonds is 4. The average Bonchev–Trinajstić information content (AvgIpc) is 2.99. The van der Waals surface area contributed by atoms with E-state index in [1.54, 1.807) is 16.0 Å². The van der Waals surface area contributed by atoms with Gasteiger partial charge in [0.05, 0.1) is 6.04 Å². The summed E-state index contributed by atoms with van der Waals surface area (Å²) in [7, 11) is 2.09. The summed E-state index contributed by atoms with van der Waals surface area (Å²) in [4.78, 5) is 3.12. The minimum atomic E-state index is 0.362. The lowest BCUT2D eigenvalue weighted by Gasteiger charge is -2.27. The standard InChI is InChI=1S/C19H23NS/c1-20-19(18-12-15-8-4-10-17(15)21-18)16-9-3-7-14(11-16)13-5-2-6-13/h3,7,9,11-13,19-20H,2,4-6,8,10H2,1H3. The Kier molecular flexibility index (Phi) is 3.60. The molecule has 4 rings (SSSR count). The van der Waals surface area contributed by atoms with Crippen molar-refractivity contribution in [1.82, 2.24) is 5.32 Å². The van der Waals surface area contributed by atoms with Gasteiger partial charge in [-0.1, -0.05) is 30.7 Å². The Morgan fingerprint density at radius 1 is 1.14 bits per heavy atom. The summed E-state index contributed by atoms with van der Waals surface area (Å²) in [5, 5.41) is 3.54. The summed E-state index contributed by atoms with van der Waals surface area (Å²) in [6, 6.07) is 12.1. The van der Waals surface area contributed by atoms with Crippen molar-refractivity contribution in [3.63, 3.8) is 0 Å². The lowest BCUT2D eigenvalue weighted by atomic mass is 9.79. The second-order valence-electron chi connectivity index (χ2n) is 6.47. The van der Waals surface area contributed by atoms with Crippen molar-refractivity contribution in [3.8, 4) is 0 Å². The number of hydrogen-bond donors (Lipinski definition) is 1. The topological polar surface area (TPSA) is 12.0 Å². The van der Waals surface area contributed by atoms with Gasteiger partial charge >= 0.3 is 0 Å². The van der Waals surface area contributed by atoms with Crippen LogP contribution in [-0.2, 0) is 12.8 Å². The summed E-state index contributed by atoms with van der Waals surface area (Å²) in [5.74, 6) is 0.816. The molecule has 1 atom stereocenters. The first-order valence-electron chi connectivity index (χ1n) is 8.24. The van der Waals surface area contributed by atoms with Crippen LogP contribution in [-0.4, -0.2) is 7.05 Å². The predicted octanol–water partition coefficient (Wildman–Crippen LogP) is 4.81. The van der Waals surface area contributed by atoms with Gasteiger partial charge in [0.1, 0.15) is 0 Å². The molecular weight excluding hydrogens is 274 g/mol. The molecule has 1 aromatic carbocycles. The molecule has 0 amide bonds. The first-order valence-corrected chi connectivity index (χ1v) is 9.05. The second-order valence-corrected chi connectivity index (χ2v) is 7.64. The quantitative estimate of drug-likeness (QED) is 0.853. The minimum absolute atomic E-state index is 0.362. The van der Waals surface area contributed by atoms with E-state index in [0.717, 1.165) is 5.92 Å². The Hall–Kier alpha value is -1.12. The van der Waals surface area contributed by atoms with Gasteiger partial charge in [-0.3, -0.25) is 0 Å². The maximum absolute atomic E-state index is 3.54. The molecule has 0 radical (unpaired) electrons. The van der Waals surface area contributed by atoms with Crippen molar-refractivity contribution in [3.05, 3.63) is 56.8 Å². The van der Waals surface area contributed by atoms with Crippen molar-refractivity contribution in [2.45, 2.75) is 50.5 Å². The summed E-state index contributed by atoms with van der Waals surface area (Å²) < 4.78 is 0. The fraction of sp³-hybridized carbons (Fsp3) is 0.474. The average molecular weight is 297 g/mol. The van der Waals surface area contributed by atoms with Gasteiger partial charge in [-0.15, -0.1) is 11.3 Å². The zero-order valence-electron chi connectivity index (χ0n) is 12.7. The fourth-order valence-electron chi connectivity index (χ4n) is 3.70. The molecule has 1 aromatic heterocycles. The molecule has 2 aliphatic carbocycles. The van der Waals surface area contributed by atoms with Crippen molar-refractivity contribution < 1.29 is 0 Å². The Morgan fingerprint density at radius 2 is 2.05 bits per heavy atom. The smallest absolute Gasteiger partial charge is 0.0668 e. The molecule has 2 aliphatic rings. The van der Waals surface area contributed by atoms with Crippen LogP contribution < -0.4 is 5.32 Å². The van der Waals surface area contributed by atoms with Gasteiger partial charge in [-0.2, -0.15) is 0 Å². The van der Waals surface area contributed by atoms with Crippen LogP contribution in [0.25, 0.3) is 0 Å². The molecule has 0 saturated heterocycles. The normalized spacial score (nSPS) is 19.3. The van der Waals surface area contributed by atoms with E-state index in [1.165, 1.54) is 49.0 Å². The van der Waals surface area contributed by atoms with Crippen LogP contribution >= 0.6 is 11.3 Å². The van der Waals surface area contributed by atoms with Gasteiger partial charge in [0.15, 0.2) is 0 Å². The van der Waals surface area contributed by atoms with Crippen LogP contribution in [0.4, 0.5) is 0 Å². The maximum atomic E-state index is 3.54. The Labute approximate surface area is 131 Å². The number of fused-ring (bicyclic) bond motifs is 1. The molecule has 1 unspecified atom stereocenters. The Morgan fingerprint density at radius 3 is 2.76 bits per heavy atom. The lowest BCUT2D eigenvalue weighted by molar-refractivity contribution is 0.419. The molecule has 0 aliphatic heterocycles. The van der Waals surface area contributed by atoms with Gasteiger partial charge in [0.2, 0.25) is 0 Å². The van der Waals surface area contributed by atoms with Crippen LogP contribution in [0.2, 0.25) is 0 Å². The highest BCUT2D eigenvalue weighted by Gasteiger charge is 2.23. The van der Waals surface area contributed by atoms with Crippen LogP contribution in [0, 0.1) is 0 Å². The number of nitrogens with one attached hydrogen (secondary N) is 1. The molecule has 1 N–H and O–H groups in total. The van der Waals surface area contributed by atoms with E-state index in [2.05, 4.69) is 42.7 Å². The van der Waals surface area contributed by atoms with Gasteiger partial charge in [-0.25, -0.2) is 0 Å². The fourth-order valence-corrected chi connectivity index (χ4v) is 5.10. The van der Waals surface area contributed by atoms with E-state index in [4.69, 9.17) is 0 Å². The Bertz CT molecular complexity index is 617. The third-order valence-corrected chi connectivity index (χ3v) is 6.46. The van der Waals surface area contributed by atoms with E-state index in [-0.39, 0.29) is 0 Å². The second kappa shape index (κ2) is 5.58. The summed E-state index contributed by atoms with van der Waals surface area (Å²) in [6.45, 7) is 0. The number of hydrogen-bond acceptors (Lipinski definition) is 2. The van der Waals surface area contributed by atoms with E-state index in [0.29, 0.717) is 6.04 Å². The highest BCUT2D eigenvalue weighted by Crippen LogP contribution is 2.39. The molecule has 0 bridgehead atoms. The zero-order chi connectivity index (χ0) is 14.2. The number of aryl methyl sites for hydroxylation is 2. The van der Waals surface area contributed by atoms with Crippen molar-refractivity contribution in [2.75, 3.05) is 7.05 Å². The molecule has 1 nitrogen and oxygen atoms in total. The van der Waals surface area contributed by atoms with Crippen molar-refractivity contribution >= 4 is 11.3 Å². The van der Waals surface area contributed by atoms with Gasteiger partial charge in [-0.05, 0) is 67.8 Å². The zero-order valence-corrected chi connectivity index (χ0v) is 13.5. The van der Waals surface area contributed by atoms with E-state index in [1.807, 2.05) is 11.3 Å². The van der Waals surface area contributed by atoms with Crippen molar-refractivity contribution in [2.24, 2.45) is 0 Å². The highest BCUT2D eigenvalue weighted by molar-refractivity contribution is 7.12. The van der Waals surface area contributed by atoms with Gasteiger partial charge < -0.3 is 5.32 Å². The van der Waals surface area contributed by atoms with Crippen LogP contribution in [0.3, 0.4) is 0 Å². The van der Waals surface area contributed by atoms with E-state index < -0.39 is 0 Å². The predicted molar refractivity (Wildman–Crippen MR) is 90.3 cm³/mol.